The van der Waals surface area contributed by atoms with Crippen LogP contribution in [0.25, 0.3) is 11.3 Å². The van der Waals surface area contributed by atoms with E-state index in [9.17, 15) is 9.59 Å². The van der Waals surface area contributed by atoms with Crippen molar-refractivity contribution >= 4 is 11.9 Å². The lowest BCUT2D eigenvalue weighted by molar-refractivity contribution is -0.148. The molecule has 5 nitrogen and oxygen atoms in total. The number of esters is 2. The van der Waals surface area contributed by atoms with Gasteiger partial charge in [0.1, 0.15) is 5.75 Å². The zero-order valence-electron chi connectivity index (χ0n) is 18.8. The summed E-state index contributed by atoms with van der Waals surface area (Å²) in [7, 11) is 0. The number of aromatic nitrogens is 1. The van der Waals surface area contributed by atoms with E-state index in [1.54, 1.807) is 19.2 Å². The molecule has 0 aliphatic rings. The van der Waals surface area contributed by atoms with Gasteiger partial charge in [-0.15, -0.1) is 0 Å². The Morgan fingerprint density at radius 2 is 1.84 bits per heavy atom. The van der Waals surface area contributed by atoms with Crippen LogP contribution in [0.3, 0.4) is 0 Å². The highest BCUT2D eigenvalue weighted by Crippen LogP contribution is 2.21. The Kier molecular flexibility index (Phi) is 10.5. The van der Waals surface area contributed by atoms with Gasteiger partial charge in [-0.05, 0) is 50.3 Å². The molecule has 31 heavy (non-hydrogen) atoms. The molecule has 0 saturated carbocycles. The number of carbonyl (C=O) groups is 2. The fraction of sp³-hybridized carbons (Fsp3) is 0.423. The molecule has 0 bridgehead atoms. The molecule has 5 heteroatoms. The predicted octanol–water partition coefficient (Wildman–Crippen LogP) is 6.06. The maximum atomic E-state index is 11.9. The minimum absolute atomic E-state index is 0.0877. The second kappa shape index (κ2) is 13.4. The molecule has 0 saturated heterocycles. The van der Waals surface area contributed by atoms with E-state index in [1.807, 2.05) is 31.2 Å². The van der Waals surface area contributed by atoms with Crippen molar-refractivity contribution in [2.75, 3.05) is 0 Å². The topological polar surface area (TPSA) is 65.5 Å². The van der Waals surface area contributed by atoms with E-state index in [1.165, 1.54) is 18.1 Å². The van der Waals surface area contributed by atoms with Gasteiger partial charge in [-0.1, -0.05) is 57.0 Å². The summed E-state index contributed by atoms with van der Waals surface area (Å²) in [4.78, 5) is 27.6. The highest BCUT2D eigenvalue weighted by atomic mass is 16.5. The summed E-state index contributed by atoms with van der Waals surface area (Å²) >= 11 is 0. The van der Waals surface area contributed by atoms with E-state index < -0.39 is 0 Å². The van der Waals surface area contributed by atoms with Gasteiger partial charge in [-0.2, -0.15) is 0 Å². The molecule has 1 atom stereocenters. The second-order valence-corrected chi connectivity index (χ2v) is 7.59. The van der Waals surface area contributed by atoms with E-state index in [0.717, 1.165) is 43.4 Å². The van der Waals surface area contributed by atoms with Crippen LogP contribution in [0.5, 0.6) is 5.75 Å². The fourth-order valence-electron chi connectivity index (χ4n) is 3.03. The normalized spacial score (nSPS) is 12.0. The first-order chi connectivity index (χ1) is 15.0. The maximum absolute atomic E-state index is 11.9. The van der Waals surface area contributed by atoms with Crippen LogP contribution in [0.2, 0.25) is 0 Å². The third-order valence-corrected chi connectivity index (χ3v) is 4.89. The quantitative estimate of drug-likeness (QED) is 0.236. The van der Waals surface area contributed by atoms with Crippen molar-refractivity contribution in [3.8, 4) is 17.0 Å². The number of carbonyl (C=O) groups excluding carboxylic acids is 2. The third-order valence-electron chi connectivity index (χ3n) is 4.89. The molecule has 2 rings (SSSR count). The lowest BCUT2D eigenvalue weighted by Crippen LogP contribution is -2.14. The van der Waals surface area contributed by atoms with Crippen LogP contribution in [0.1, 0.15) is 64.9 Å². The number of unbranched alkanes of at least 4 members (excludes halogenated alkanes) is 3. The number of aryl methyl sites for hydroxylation is 1. The Hall–Kier alpha value is -2.95. The molecule has 166 valence electrons. The lowest BCUT2D eigenvalue weighted by atomic mass is 10.0. The van der Waals surface area contributed by atoms with E-state index in [4.69, 9.17) is 9.47 Å². The average molecular weight is 424 g/mol. The van der Waals surface area contributed by atoms with Crippen LogP contribution < -0.4 is 4.74 Å². The van der Waals surface area contributed by atoms with Gasteiger partial charge in [0.2, 0.25) is 0 Å². The van der Waals surface area contributed by atoms with Crippen LogP contribution in [0.15, 0.2) is 54.7 Å². The number of hydrogen-bond donors (Lipinski definition) is 0. The predicted molar refractivity (Wildman–Crippen MR) is 123 cm³/mol. The van der Waals surface area contributed by atoms with Crippen LogP contribution >= 0.6 is 0 Å². The SMILES string of the molecule is CCCCC/C=C\C(=O)Oc1ccc(-c2ccc(CCC(C)OC(=O)CC)cc2)nc1. The molecular weight excluding hydrogens is 390 g/mol. The van der Waals surface area contributed by atoms with Crippen molar-refractivity contribution < 1.29 is 19.1 Å². The monoisotopic (exact) mass is 423 g/mol. The van der Waals surface area contributed by atoms with Gasteiger partial charge in [0, 0.05) is 18.1 Å². The number of allylic oxidation sites excluding steroid dienone is 1. The third kappa shape index (κ3) is 9.16. The Morgan fingerprint density at radius 1 is 1.06 bits per heavy atom. The summed E-state index contributed by atoms with van der Waals surface area (Å²) in [6.07, 6.45) is 11.1. The van der Waals surface area contributed by atoms with Gasteiger partial charge in [0.05, 0.1) is 18.0 Å². The molecule has 0 N–H and O–H groups in total. The number of ether oxygens (including phenoxy) is 2. The van der Waals surface area contributed by atoms with E-state index >= 15 is 0 Å². The molecule has 0 aliphatic carbocycles. The van der Waals surface area contributed by atoms with Gasteiger partial charge in [-0.25, -0.2) is 4.79 Å². The second-order valence-electron chi connectivity index (χ2n) is 7.59. The van der Waals surface area contributed by atoms with Crippen LogP contribution in [0.4, 0.5) is 0 Å². The zero-order chi connectivity index (χ0) is 22.5. The summed E-state index contributed by atoms with van der Waals surface area (Å²) in [5.41, 5.74) is 2.98. The molecule has 1 aromatic carbocycles. The Balaban J connectivity index is 1.84. The van der Waals surface area contributed by atoms with E-state index in [0.29, 0.717) is 12.2 Å². The number of nitrogens with zero attached hydrogens (tertiary/aromatic N) is 1. The van der Waals surface area contributed by atoms with Crippen LogP contribution in [0, 0.1) is 0 Å². The first kappa shape index (κ1) is 24.3. The summed E-state index contributed by atoms with van der Waals surface area (Å²) in [5, 5.41) is 0. The molecule has 1 heterocycles. The lowest BCUT2D eigenvalue weighted by Gasteiger charge is -2.12. The van der Waals surface area contributed by atoms with E-state index in [2.05, 4.69) is 24.0 Å². The Labute approximate surface area is 185 Å². The summed E-state index contributed by atoms with van der Waals surface area (Å²) in [5.74, 6) is -0.112. The molecule has 0 radical (unpaired) electrons. The van der Waals surface area contributed by atoms with Crippen molar-refractivity contribution in [3.05, 3.63) is 60.3 Å². The molecule has 1 unspecified atom stereocenters. The molecule has 2 aromatic rings. The number of hydrogen-bond acceptors (Lipinski definition) is 5. The summed E-state index contributed by atoms with van der Waals surface area (Å²) < 4.78 is 10.6. The Bertz CT molecular complexity index is 841. The highest BCUT2D eigenvalue weighted by Gasteiger charge is 2.08. The number of rotatable bonds is 12. The minimum Gasteiger partial charge on any atom is -0.463 e. The molecule has 0 spiro atoms. The van der Waals surface area contributed by atoms with E-state index in [-0.39, 0.29) is 18.0 Å². The molecule has 0 amide bonds. The van der Waals surface area contributed by atoms with Crippen molar-refractivity contribution in [1.29, 1.82) is 0 Å². The first-order valence-corrected chi connectivity index (χ1v) is 11.1. The Morgan fingerprint density at radius 3 is 2.48 bits per heavy atom. The minimum atomic E-state index is -0.380. The van der Waals surface area contributed by atoms with Gasteiger partial charge < -0.3 is 9.47 Å². The average Bonchev–Trinajstić information content (AvgIpc) is 2.78. The van der Waals surface area contributed by atoms with Crippen LogP contribution in [-0.2, 0) is 20.7 Å². The maximum Gasteiger partial charge on any atom is 0.335 e. The molecule has 1 aromatic heterocycles. The zero-order valence-corrected chi connectivity index (χ0v) is 18.8. The first-order valence-electron chi connectivity index (χ1n) is 11.1. The van der Waals surface area contributed by atoms with Gasteiger partial charge in [0.25, 0.3) is 0 Å². The van der Waals surface area contributed by atoms with Gasteiger partial charge in [-0.3, -0.25) is 9.78 Å². The van der Waals surface area contributed by atoms with Crippen molar-refractivity contribution in [2.45, 2.75) is 71.8 Å². The number of benzene rings is 1. The summed E-state index contributed by atoms with van der Waals surface area (Å²) in [6, 6.07) is 11.7. The highest BCUT2D eigenvalue weighted by molar-refractivity contribution is 5.84. The van der Waals surface area contributed by atoms with Crippen molar-refractivity contribution in [1.82, 2.24) is 4.98 Å². The number of pyridine rings is 1. The molecule has 0 aliphatic heterocycles. The van der Waals surface area contributed by atoms with Gasteiger partial charge >= 0.3 is 11.9 Å². The fourth-order valence-corrected chi connectivity index (χ4v) is 3.03. The van der Waals surface area contributed by atoms with Crippen molar-refractivity contribution in [2.24, 2.45) is 0 Å². The smallest absolute Gasteiger partial charge is 0.335 e. The summed E-state index contributed by atoms with van der Waals surface area (Å²) in [6.45, 7) is 5.87. The molecule has 0 fully saturated rings. The molecular formula is C26H33NO4. The van der Waals surface area contributed by atoms with Crippen molar-refractivity contribution in [3.63, 3.8) is 0 Å². The standard InChI is InChI=1S/C26H33NO4/c1-4-6-7-8-9-10-26(29)31-23-17-18-24(27-19-23)22-15-13-21(14-16-22)12-11-20(3)30-25(28)5-2/h9-10,13-20H,4-8,11-12H2,1-3H3/b10-9-. The van der Waals surface area contributed by atoms with Gasteiger partial charge in [0.15, 0.2) is 0 Å². The largest absolute Gasteiger partial charge is 0.463 e. The van der Waals surface area contributed by atoms with Crippen LogP contribution in [-0.4, -0.2) is 23.0 Å².